The van der Waals surface area contributed by atoms with E-state index in [-0.39, 0.29) is 24.6 Å². The van der Waals surface area contributed by atoms with Crippen molar-refractivity contribution >= 4 is 0 Å². The molecule has 118 valence electrons. The van der Waals surface area contributed by atoms with Gasteiger partial charge in [-0.25, -0.2) is 0 Å². The van der Waals surface area contributed by atoms with E-state index in [0.717, 1.165) is 5.56 Å². The number of ether oxygens (including phenoxy) is 1. The number of hydrogen-bond donors (Lipinski definition) is 2. The minimum absolute atomic E-state index is 0.0672. The highest BCUT2D eigenvalue weighted by Crippen LogP contribution is 2.37. The van der Waals surface area contributed by atoms with Crippen molar-refractivity contribution in [1.82, 2.24) is 5.32 Å². The van der Waals surface area contributed by atoms with Crippen molar-refractivity contribution in [3.8, 4) is 11.5 Å². The van der Waals surface area contributed by atoms with Gasteiger partial charge >= 0.3 is 6.18 Å². The van der Waals surface area contributed by atoms with Gasteiger partial charge in [0.1, 0.15) is 0 Å². The van der Waals surface area contributed by atoms with Crippen molar-refractivity contribution in [2.45, 2.75) is 44.4 Å². The maximum atomic E-state index is 12.6. The Morgan fingerprint density at radius 3 is 2.43 bits per heavy atom. The van der Waals surface area contributed by atoms with Crippen LogP contribution >= 0.6 is 0 Å². The molecule has 1 aromatic carbocycles. The number of alkyl halides is 3. The molecule has 6 heteroatoms. The lowest BCUT2D eigenvalue weighted by atomic mass is 9.85. The van der Waals surface area contributed by atoms with E-state index in [0.29, 0.717) is 25.1 Å². The average Bonchev–Trinajstić information content (AvgIpc) is 2.45. The van der Waals surface area contributed by atoms with Crippen LogP contribution in [0.2, 0.25) is 0 Å². The molecule has 3 nitrogen and oxygen atoms in total. The molecule has 0 unspecified atom stereocenters. The minimum atomic E-state index is -4.06. The third kappa shape index (κ3) is 4.27. The van der Waals surface area contributed by atoms with Gasteiger partial charge in [-0.2, -0.15) is 13.2 Å². The first-order valence-corrected chi connectivity index (χ1v) is 7.06. The van der Waals surface area contributed by atoms with E-state index in [1.807, 2.05) is 6.07 Å². The van der Waals surface area contributed by atoms with E-state index in [4.69, 9.17) is 4.74 Å². The van der Waals surface area contributed by atoms with Crippen LogP contribution in [0.1, 0.15) is 31.2 Å². The molecule has 0 saturated heterocycles. The summed E-state index contributed by atoms with van der Waals surface area (Å²) in [5.41, 5.74) is 0.881. The molecule has 0 bridgehead atoms. The second kappa shape index (κ2) is 6.56. The quantitative estimate of drug-likeness (QED) is 0.893. The number of nitrogens with one attached hydrogen (secondary N) is 1. The van der Waals surface area contributed by atoms with Crippen LogP contribution in [0.25, 0.3) is 0 Å². The highest BCUT2D eigenvalue weighted by Gasteiger charge is 2.41. The molecule has 0 heterocycles. The highest BCUT2D eigenvalue weighted by atomic mass is 19.4. The lowest BCUT2D eigenvalue weighted by molar-refractivity contribution is -0.182. The van der Waals surface area contributed by atoms with E-state index in [2.05, 4.69) is 5.32 Å². The molecule has 0 atom stereocenters. The normalized spacial score (nSPS) is 23.0. The summed E-state index contributed by atoms with van der Waals surface area (Å²) < 4.78 is 42.7. The Kier molecular flexibility index (Phi) is 4.98. The molecule has 0 aromatic heterocycles. The molecular formula is C15H20F3NO2. The molecule has 1 aromatic rings. The standard InChI is InChI=1S/C15H20F3NO2/c1-21-14-7-2-10(8-13(14)20)9-19-12-5-3-11(4-6-12)15(16,17)18/h2,7-8,11-12,19-20H,3-6,9H2,1H3. The molecule has 1 aliphatic carbocycles. The number of rotatable bonds is 4. The molecule has 0 aliphatic heterocycles. The van der Waals surface area contributed by atoms with Crippen molar-refractivity contribution < 1.29 is 23.0 Å². The summed E-state index contributed by atoms with van der Waals surface area (Å²) in [7, 11) is 1.48. The first-order chi connectivity index (χ1) is 9.90. The van der Waals surface area contributed by atoms with Gasteiger partial charge in [0.25, 0.3) is 0 Å². The largest absolute Gasteiger partial charge is 0.504 e. The first kappa shape index (κ1) is 15.9. The zero-order valence-corrected chi connectivity index (χ0v) is 11.9. The molecule has 2 rings (SSSR count). The molecule has 2 N–H and O–H groups in total. The fraction of sp³-hybridized carbons (Fsp3) is 0.600. The number of aromatic hydroxyl groups is 1. The monoisotopic (exact) mass is 303 g/mol. The highest BCUT2D eigenvalue weighted by molar-refractivity contribution is 5.41. The second-order valence-electron chi connectivity index (χ2n) is 5.48. The Hall–Kier alpha value is -1.43. The summed E-state index contributed by atoms with van der Waals surface area (Å²) >= 11 is 0. The van der Waals surface area contributed by atoms with Crippen LogP contribution in [-0.2, 0) is 6.54 Å². The Morgan fingerprint density at radius 1 is 1.24 bits per heavy atom. The first-order valence-electron chi connectivity index (χ1n) is 7.06. The lowest BCUT2D eigenvalue weighted by Crippen LogP contribution is -2.36. The summed E-state index contributed by atoms with van der Waals surface area (Å²) in [6, 6.07) is 5.21. The second-order valence-corrected chi connectivity index (χ2v) is 5.48. The summed E-state index contributed by atoms with van der Waals surface area (Å²) in [5.74, 6) is -0.678. The van der Waals surface area contributed by atoms with Crippen molar-refractivity contribution in [3.63, 3.8) is 0 Å². The maximum Gasteiger partial charge on any atom is 0.391 e. The number of phenols is 1. The topological polar surface area (TPSA) is 41.5 Å². The molecule has 21 heavy (non-hydrogen) atoms. The minimum Gasteiger partial charge on any atom is -0.504 e. The van der Waals surface area contributed by atoms with Crippen molar-refractivity contribution in [1.29, 1.82) is 0 Å². The number of methoxy groups -OCH3 is 1. The van der Waals surface area contributed by atoms with E-state index in [1.54, 1.807) is 12.1 Å². The number of phenolic OH excluding ortho intramolecular Hbond substituents is 1. The van der Waals surface area contributed by atoms with E-state index >= 15 is 0 Å². The Labute approximate surface area is 122 Å². The van der Waals surface area contributed by atoms with Gasteiger partial charge in [0.2, 0.25) is 0 Å². The third-order valence-electron chi connectivity index (χ3n) is 4.03. The molecule has 0 radical (unpaired) electrons. The van der Waals surface area contributed by atoms with E-state index in [9.17, 15) is 18.3 Å². The number of benzene rings is 1. The summed E-state index contributed by atoms with van der Waals surface area (Å²) in [4.78, 5) is 0. The van der Waals surface area contributed by atoms with Crippen LogP contribution in [0.4, 0.5) is 13.2 Å². The van der Waals surface area contributed by atoms with Crippen LogP contribution in [0.5, 0.6) is 11.5 Å². The van der Waals surface area contributed by atoms with Crippen LogP contribution in [-0.4, -0.2) is 24.4 Å². The van der Waals surface area contributed by atoms with Gasteiger partial charge in [-0.15, -0.1) is 0 Å². The SMILES string of the molecule is COc1ccc(CNC2CCC(C(F)(F)F)CC2)cc1O. The van der Waals surface area contributed by atoms with Gasteiger partial charge in [-0.1, -0.05) is 6.07 Å². The molecular weight excluding hydrogens is 283 g/mol. The zero-order valence-electron chi connectivity index (χ0n) is 11.9. The van der Waals surface area contributed by atoms with Crippen molar-refractivity contribution in [3.05, 3.63) is 23.8 Å². The molecule has 0 amide bonds. The van der Waals surface area contributed by atoms with Gasteiger partial charge in [0.15, 0.2) is 11.5 Å². The van der Waals surface area contributed by atoms with E-state index in [1.165, 1.54) is 7.11 Å². The van der Waals surface area contributed by atoms with Crippen molar-refractivity contribution in [2.24, 2.45) is 5.92 Å². The Balaban J connectivity index is 1.81. The Bertz CT molecular complexity index is 468. The lowest BCUT2D eigenvalue weighted by Gasteiger charge is -2.30. The summed E-state index contributed by atoms with van der Waals surface area (Å²) in [6.07, 6.45) is -2.62. The molecule has 1 saturated carbocycles. The third-order valence-corrected chi connectivity index (χ3v) is 4.03. The van der Waals surface area contributed by atoms with Crippen LogP contribution in [0, 0.1) is 5.92 Å². The van der Waals surface area contributed by atoms with Gasteiger partial charge in [-0.05, 0) is 43.4 Å². The predicted octanol–water partition coefficient (Wildman–Crippen LogP) is 3.61. The van der Waals surface area contributed by atoms with Crippen LogP contribution in [0.3, 0.4) is 0 Å². The molecule has 1 fully saturated rings. The van der Waals surface area contributed by atoms with Crippen LogP contribution in [0.15, 0.2) is 18.2 Å². The smallest absolute Gasteiger partial charge is 0.391 e. The van der Waals surface area contributed by atoms with Gasteiger partial charge in [0, 0.05) is 12.6 Å². The summed E-state index contributed by atoms with van der Waals surface area (Å²) in [6.45, 7) is 0.527. The zero-order chi connectivity index (χ0) is 15.5. The molecule has 1 aliphatic rings. The fourth-order valence-electron chi connectivity index (χ4n) is 2.73. The fourth-order valence-corrected chi connectivity index (χ4v) is 2.73. The van der Waals surface area contributed by atoms with Gasteiger partial charge in [-0.3, -0.25) is 0 Å². The molecule has 0 spiro atoms. The Morgan fingerprint density at radius 2 is 1.90 bits per heavy atom. The van der Waals surface area contributed by atoms with Crippen molar-refractivity contribution in [2.75, 3.05) is 7.11 Å². The number of halogens is 3. The van der Waals surface area contributed by atoms with Crippen LogP contribution < -0.4 is 10.1 Å². The average molecular weight is 303 g/mol. The van der Waals surface area contributed by atoms with Gasteiger partial charge < -0.3 is 15.2 Å². The predicted molar refractivity (Wildman–Crippen MR) is 73.3 cm³/mol. The summed E-state index contributed by atoms with van der Waals surface area (Å²) in [5, 5.41) is 12.9. The number of hydrogen-bond acceptors (Lipinski definition) is 3. The maximum absolute atomic E-state index is 12.6. The van der Waals surface area contributed by atoms with Gasteiger partial charge in [0.05, 0.1) is 13.0 Å². The van der Waals surface area contributed by atoms with E-state index < -0.39 is 12.1 Å².